The molecule has 37 heavy (non-hydrogen) atoms. The van der Waals surface area contributed by atoms with Gasteiger partial charge in [-0.25, -0.2) is 0 Å². The van der Waals surface area contributed by atoms with E-state index in [0.29, 0.717) is 16.8 Å². The third-order valence-electron chi connectivity index (χ3n) is 5.59. The summed E-state index contributed by atoms with van der Waals surface area (Å²) in [5.41, 5.74) is 3.71. The number of rotatable bonds is 7. The Morgan fingerprint density at radius 3 is 1.62 bits per heavy atom. The minimum Gasteiger partial charge on any atom is -0.322 e. The standard InChI is InChI=1S/C29H24N2O5S/c1-20-18-25(30-28(32)23-8-4-2-5-9-23)16-14-21(20)12-13-22-15-17-26(19-27(22)37(34,35)36)31-29(33)24-10-6-3-7-11-24/h2-19H,1H3,(H,30,32)(H,31,33)(H,34,35,36)/b13-12+. The number of amides is 2. The largest absolute Gasteiger partial charge is 0.322 e. The quantitative estimate of drug-likeness (QED) is 0.210. The van der Waals surface area contributed by atoms with Crippen molar-refractivity contribution in [2.75, 3.05) is 10.6 Å². The van der Waals surface area contributed by atoms with Gasteiger partial charge in [0.25, 0.3) is 21.9 Å². The normalized spacial score (nSPS) is 11.3. The lowest BCUT2D eigenvalue weighted by molar-refractivity contribution is 0.101. The fraction of sp³-hybridized carbons (Fsp3) is 0.0345. The lowest BCUT2D eigenvalue weighted by atomic mass is 10.1. The van der Waals surface area contributed by atoms with Crippen LogP contribution in [0.25, 0.3) is 12.2 Å². The maximum absolute atomic E-state index is 12.4. The molecule has 0 aliphatic carbocycles. The van der Waals surface area contributed by atoms with Gasteiger partial charge >= 0.3 is 0 Å². The molecule has 0 aromatic heterocycles. The average Bonchev–Trinajstić information content (AvgIpc) is 2.89. The number of carbonyl (C=O) groups excluding carboxylic acids is 2. The first-order chi connectivity index (χ1) is 17.7. The number of benzene rings is 4. The van der Waals surface area contributed by atoms with E-state index >= 15 is 0 Å². The third kappa shape index (κ3) is 6.58. The molecule has 0 aliphatic heterocycles. The second kappa shape index (κ2) is 11.0. The van der Waals surface area contributed by atoms with Gasteiger partial charge in [0.05, 0.1) is 0 Å². The van der Waals surface area contributed by atoms with E-state index in [9.17, 15) is 22.6 Å². The smallest absolute Gasteiger partial charge is 0.295 e. The zero-order chi connectivity index (χ0) is 26.4. The predicted octanol–water partition coefficient (Wildman–Crippen LogP) is 5.92. The monoisotopic (exact) mass is 512 g/mol. The van der Waals surface area contributed by atoms with Crippen molar-refractivity contribution in [1.82, 2.24) is 0 Å². The Bertz CT molecular complexity index is 1580. The van der Waals surface area contributed by atoms with Gasteiger partial charge in [-0.2, -0.15) is 8.42 Å². The molecule has 0 heterocycles. The molecular formula is C29H24N2O5S. The number of anilines is 2. The maximum atomic E-state index is 12.4. The first-order valence-corrected chi connectivity index (χ1v) is 12.8. The van der Waals surface area contributed by atoms with Gasteiger partial charge in [-0.3, -0.25) is 14.1 Å². The van der Waals surface area contributed by atoms with Crippen molar-refractivity contribution in [3.05, 3.63) is 125 Å². The van der Waals surface area contributed by atoms with E-state index in [-0.39, 0.29) is 22.1 Å². The number of aryl methyl sites for hydroxylation is 1. The number of nitrogens with one attached hydrogen (secondary N) is 2. The molecule has 3 N–H and O–H groups in total. The molecule has 0 fully saturated rings. The highest BCUT2D eigenvalue weighted by molar-refractivity contribution is 7.86. The van der Waals surface area contributed by atoms with Gasteiger partial charge in [-0.05, 0) is 72.1 Å². The summed E-state index contributed by atoms with van der Waals surface area (Å²) in [5.74, 6) is -0.624. The topological polar surface area (TPSA) is 113 Å². The minimum absolute atomic E-state index is 0.222. The van der Waals surface area contributed by atoms with Crippen LogP contribution in [0.4, 0.5) is 11.4 Å². The number of hydrogen-bond donors (Lipinski definition) is 3. The van der Waals surface area contributed by atoms with E-state index in [1.54, 1.807) is 84.9 Å². The van der Waals surface area contributed by atoms with Crippen LogP contribution in [0.3, 0.4) is 0 Å². The van der Waals surface area contributed by atoms with Crippen LogP contribution in [0.15, 0.2) is 102 Å². The van der Waals surface area contributed by atoms with Crippen LogP contribution in [0, 0.1) is 6.92 Å². The Morgan fingerprint density at radius 1 is 0.676 bits per heavy atom. The van der Waals surface area contributed by atoms with Crippen LogP contribution in [0.1, 0.15) is 37.4 Å². The van der Waals surface area contributed by atoms with E-state index in [1.807, 2.05) is 19.1 Å². The summed E-state index contributed by atoms with van der Waals surface area (Å²) in [6.45, 7) is 1.86. The van der Waals surface area contributed by atoms with Crippen LogP contribution in [0.5, 0.6) is 0 Å². The molecule has 4 rings (SSSR count). The van der Waals surface area contributed by atoms with Gasteiger partial charge in [0, 0.05) is 22.5 Å². The van der Waals surface area contributed by atoms with Crippen molar-refractivity contribution < 1.29 is 22.6 Å². The molecule has 0 unspecified atom stereocenters. The summed E-state index contributed by atoms with van der Waals surface area (Å²) in [6, 6.07) is 27.0. The predicted molar refractivity (Wildman–Crippen MR) is 145 cm³/mol. The molecule has 0 atom stereocenters. The van der Waals surface area contributed by atoms with E-state index in [4.69, 9.17) is 0 Å². The summed E-state index contributed by atoms with van der Waals surface area (Å²) in [5, 5.41) is 5.49. The lowest BCUT2D eigenvalue weighted by Gasteiger charge is -2.10. The Kier molecular flexibility index (Phi) is 7.62. The molecular weight excluding hydrogens is 488 g/mol. The van der Waals surface area contributed by atoms with Crippen LogP contribution in [-0.4, -0.2) is 24.8 Å². The molecule has 0 saturated heterocycles. The summed E-state index contributed by atoms with van der Waals surface area (Å²) in [4.78, 5) is 24.5. The van der Waals surface area contributed by atoms with Gasteiger partial charge in [0.1, 0.15) is 4.90 Å². The Morgan fingerprint density at radius 2 is 1.14 bits per heavy atom. The van der Waals surface area contributed by atoms with E-state index in [0.717, 1.165) is 11.1 Å². The minimum atomic E-state index is -4.57. The summed E-state index contributed by atoms with van der Waals surface area (Å²) >= 11 is 0. The maximum Gasteiger partial charge on any atom is 0.295 e. The molecule has 0 spiro atoms. The first kappa shape index (κ1) is 25.6. The van der Waals surface area contributed by atoms with Crippen molar-refractivity contribution in [3.63, 3.8) is 0 Å². The van der Waals surface area contributed by atoms with Crippen molar-refractivity contribution in [2.24, 2.45) is 0 Å². The molecule has 0 radical (unpaired) electrons. The van der Waals surface area contributed by atoms with Crippen LogP contribution < -0.4 is 10.6 Å². The zero-order valence-electron chi connectivity index (χ0n) is 19.9. The van der Waals surface area contributed by atoms with Crippen molar-refractivity contribution >= 4 is 45.5 Å². The highest BCUT2D eigenvalue weighted by atomic mass is 32.2. The first-order valence-electron chi connectivity index (χ1n) is 11.3. The third-order valence-corrected chi connectivity index (χ3v) is 6.50. The molecule has 4 aromatic carbocycles. The molecule has 2 amide bonds. The fourth-order valence-corrected chi connectivity index (χ4v) is 4.39. The van der Waals surface area contributed by atoms with Crippen molar-refractivity contribution in [3.8, 4) is 0 Å². The molecule has 7 nitrogen and oxygen atoms in total. The molecule has 4 aromatic rings. The molecule has 0 saturated carbocycles. The van der Waals surface area contributed by atoms with Gasteiger partial charge in [-0.1, -0.05) is 60.7 Å². The van der Waals surface area contributed by atoms with Crippen LogP contribution in [-0.2, 0) is 10.1 Å². The van der Waals surface area contributed by atoms with E-state index < -0.39 is 16.0 Å². The molecule has 8 heteroatoms. The molecule has 0 aliphatic rings. The second-order valence-electron chi connectivity index (χ2n) is 8.27. The molecule has 186 valence electrons. The Hall–Kier alpha value is -4.53. The van der Waals surface area contributed by atoms with Crippen LogP contribution in [0.2, 0.25) is 0 Å². The van der Waals surface area contributed by atoms with Gasteiger partial charge < -0.3 is 10.6 Å². The summed E-state index contributed by atoms with van der Waals surface area (Å²) in [6.07, 6.45) is 3.28. The lowest BCUT2D eigenvalue weighted by Crippen LogP contribution is -2.12. The van der Waals surface area contributed by atoms with Gasteiger partial charge in [0.2, 0.25) is 0 Å². The van der Waals surface area contributed by atoms with Gasteiger partial charge in [-0.15, -0.1) is 0 Å². The van der Waals surface area contributed by atoms with Crippen LogP contribution >= 0.6 is 0 Å². The number of hydrogen-bond acceptors (Lipinski definition) is 4. The highest BCUT2D eigenvalue weighted by Gasteiger charge is 2.16. The van der Waals surface area contributed by atoms with Crippen molar-refractivity contribution in [1.29, 1.82) is 0 Å². The fourth-order valence-electron chi connectivity index (χ4n) is 3.68. The van der Waals surface area contributed by atoms with E-state index in [2.05, 4.69) is 10.6 Å². The van der Waals surface area contributed by atoms with E-state index in [1.165, 1.54) is 12.1 Å². The Labute approximate surface area is 215 Å². The summed E-state index contributed by atoms with van der Waals surface area (Å²) in [7, 11) is -4.57. The average molecular weight is 513 g/mol. The van der Waals surface area contributed by atoms with Crippen molar-refractivity contribution in [2.45, 2.75) is 11.8 Å². The summed E-state index contributed by atoms with van der Waals surface area (Å²) < 4.78 is 33.9. The second-order valence-corrected chi connectivity index (χ2v) is 9.66. The van der Waals surface area contributed by atoms with Gasteiger partial charge in [0.15, 0.2) is 0 Å². The number of carbonyl (C=O) groups is 2. The SMILES string of the molecule is Cc1cc(NC(=O)c2ccccc2)ccc1/C=C/c1ccc(NC(=O)c2ccccc2)cc1S(=O)(=O)O. The Balaban J connectivity index is 1.54. The highest BCUT2D eigenvalue weighted by Crippen LogP contribution is 2.25. The molecule has 0 bridgehead atoms. The zero-order valence-corrected chi connectivity index (χ0v) is 20.7.